The summed E-state index contributed by atoms with van der Waals surface area (Å²) in [7, 11) is -2.82. The fourth-order valence-electron chi connectivity index (χ4n) is 3.72. The zero-order valence-corrected chi connectivity index (χ0v) is 21.4. The van der Waals surface area contributed by atoms with Crippen molar-refractivity contribution in [2.75, 3.05) is 32.1 Å². The molecule has 1 heterocycles. The molecule has 1 unspecified atom stereocenters. The molecule has 2 aromatic carbocycles. The summed E-state index contributed by atoms with van der Waals surface area (Å²) in [4.78, 5) is 9.85. The molecule has 176 valence electrons. The van der Waals surface area contributed by atoms with Crippen molar-refractivity contribution in [3.63, 3.8) is 0 Å². The summed E-state index contributed by atoms with van der Waals surface area (Å²) in [5.74, 6) is 0.852. The van der Waals surface area contributed by atoms with Gasteiger partial charge in [-0.05, 0) is 82.9 Å². The number of unbranched alkanes of at least 4 members (excludes halogenated alkanes) is 1. The third-order valence-corrected chi connectivity index (χ3v) is 8.10. The van der Waals surface area contributed by atoms with E-state index in [1.807, 2.05) is 23.9 Å². The zero-order chi connectivity index (χ0) is 22.8. The molecular formula is C23H30BrFNO4PS. The first-order valence-corrected chi connectivity index (χ1v) is 13.8. The largest absolute Gasteiger partial charge is 0.379 e. The second kappa shape index (κ2) is 13.2. The first-order chi connectivity index (χ1) is 15.5. The predicted octanol–water partition coefficient (Wildman–Crippen LogP) is 5.70. The van der Waals surface area contributed by atoms with Gasteiger partial charge in [-0.1, -0.05) is 24.6 Å². The monoisotopic (exact) mass is 545 g/mol. The fourth-order valence-corrected chi connectivity index (χ4v) is 5.73. The van der Waals surface area contributed by atoms with Crippen LogP contribution in [-0.4, -0.2) is 37.0 Å². The van der Waals surface area contributed by atoms with Crippen molar-refractivity contribution in [2.45, 2.75) is 42.5 Å². The molecule has 0 spiro atoms. The first kappa shape index (κ1) is 25.9. The summed E-state index contributed by atoms with van der Waals surface area (Å²) in [6, 6.07) is 13.3. The van der Waals surface area contributed by atoms with E-state index in [0.29, 0.717) is 13.0 Å². The van der Waals surface area contributed by atoms with E-state index in [2.05, 4.69) is 44.0 Å². The summed E-state index contributed by atoms with van der Waals surface area (Å²) in [5, 5.41) is 3.31. The highest BCUT2D eigenvalue weighted by Crippen LogP contribution is 2.38. The molecular weight excluding hydrogens is 516 g/mol. The van der Waals surface area contributed by atoms with Gasteiger partial charge >= 0.3 is 8.25 Å². The van der Waals surface area contributed by atoms with Gasteiger partial charge < -0.3 is 19.5 Å². The average Bonchev–Trinajstić information content (AvgIpc) is 2.74. The Morgan fingerprint density at radius 2 is 1.97 bits per heavy atom. The molecule has 32 heavy (non-hydrogen) atoms. The topological polar surface area (TPSA) is 67.8 Å². The maximum absolute atomic E-state index is 13.2. The Bertz CT molecular complexity index is 883. The number of thioether (sulfide) groups is 1. The second-order valence-corrected chi connectivity index (χ2v) is 10.8. The molecule has 3 rings (SSSR count). The van der Waals surface area contributed by atoms with Gasteiger partial charge in [0.25, 0.3) is 0 Å². The lowest BCUT2D eigenvalue weighted by atomic mass is 9.75. The molecule has 1 saturated heterocycles. The minimum absolute atomic E-state index is 0.0515. The van der Waals surface area contributed by atoms with Crippen molar-refractivity contribution in [2.24, 2.45) is 0 Å². The van der Waals surface area contributed by atoms with E-state index < -0.39 is 8.25 Å². The van der Waals surface area contributed by atoms with E-state index in [1.54, 1.807) is 0 Å². The lowest BCUT2D eigenvalue weighted by Gasteiger charge is -2.42. The number of nitrogens with one attached hydrogen (secondary N) is 1. The lowest BCUT2D eigenvalue weighted by molar-refractivity contribution is -0.0652. The van der Waals surface area contributed by atoms with E-state index in [-0.39, 0.29) is 11.2 Å². The number of rotatable bonds is 14. The molecule has 0 radical (unpaired) electrons. The molecule has 1 aliphatic rings. The summed E-state index contributed by atoms with van der Waals surface area (Å²) in [5.41, 5.74) is 2.42. The highest BCUT2D eigenvalue weighted by Gasteiger charge is 2.39. The van der Waals surface area contributed by atoms with Crippen molar-refractivity contribution in [1.82, 2.24) is 5.32 Å². The van der Waals surface area contributed by atoms with Crippen molar-refractivity contribution in [3.05, 3.63) is 63.9 Å². The van der Waals surface area contributed by atoms with Crippen LogP contribution in [0, 0.1) is 5.82 Å². The quantitative estimate of drug-likeness (QED) is 0.180. The molecule has 2 aromatic rings. The van der Waals surface area contributed by atoms with E-state index in [1.165, 1.54) is 28.2 Å². The van der Waals surface area contributed by atoms with Crippen LogP contribution in [-0.2, 0) is 25.8 Å². The van der Waals surface area contributed by atoms with Crippen LogP contribution in [0.25, 0.3) is 0 Å². The van der Waals surface area contributed by atoms with E-state index in [9.17, 15) is 8.96 Å². The second-order valence-electron chi connectivity index (χ2n) is 8.00. The molecule has 0 aromatic heterocycles. The highest BCUT2D eigenvalue weighted by molar-refractivity contribution is 9.10. The average molecular weight is 546 g/mol. The van der Waals surface area contributed by atoms with Gasteiger partial charge in [0.1, 0.15) is 5.82 Å². The molecule has 0 amide bonds. The fraction of sp³-hybridized carbons (Fsp3) is 0.478. The SMILES string of the molecule is O=[PH](O)OCCCNCc1ccc(SCCCCC2(c3ccc(F)cc3)COC2)c(Br)c1. The number of benzene rings is 2. The predicted molar refractivity (Wildman–Crippen MR) is 131 cm³/mol. The van der Waals surface area contributed by atoms with Gasteiger partial charge in [0.15, 0.2) is 0 Å². The van der Waals surface area contributed by atoms with Crippen LogP contribution in [0.3, 0.4) is 0 Å². The van der Waals surface area contributed by atoms with Gasteiger partial charge in [-0.3, -0.25) is 4.57 Å². The smallest absolute Gasteiger partial charge is 0.316 e. The Morgan fingerprint density at radius 3 is 2.62 bits per heavy atom. The third-order valence-electron chi connectivity index (χ3n) is 5.57. The molecule has 9 heteroatoms. The van der Waals surface area contributed by atoms with Crippen molar-refractivity contribution in [3.8, 4) is 0 Å². The number of halogens is 2. The van der Waals surface area contributed by atoms with Gasteiger partial charge in [-0.25, -0.2) is 4.39 Å². The van der Waals surface area contributed by atoms with Crippen molar-refractivity contribution < 1.29 is 23.1 Å². The Kier molecular flexibility index (Phi) is 10.7. The van der Waals surface area contributed by atoms with Crippen LogP contribution < -0.4 is 5.32 Å². The number of hydrogen-bond donors (Lipinski definition) is 2. The van der Waals surface area contributed by atoms with Gasteiger partial charge in [-0.2, -0.15) is 0 Å². The maximum Gasteiger partial charge on any atom is 0.316 e. The third kappa shape index (κ3) is 7.94. The number of ether oxygens (including phenoxy) is 1. The summed E-state index contributed by atoms with van der Waals surface area (Å²) < 4.78 is 35.0. The first-order valence-electron chi connectivity index (χ1n) is 10.8. The molecule has 5 nitrogen and oxygen atoms in total. The van der Waals surface area contributed by atoms with Crippen molar-refractivity contribution >= 4 is 35.9 Å². The maximum atomic E-state index is 13.2. The van der Waals surface area contributed by atoms with Crippen LogP contribution >= 0.6 is 35.9 Å². The Hall–Kier alpha value is -0.730. The number of hydrogen-bond acceptors (Lipinski definition) is 5. The normalized spacial score (nSPS) is 16.0. The molecule has 1 atom stereocenters. The van der Waals surface area contributed by atoms with E-state index >= 15 is 0 Å². The van der Waals surface area contributed by atoms with Gasteiger partial charge in [0, 0.05) is 21.3 Å². The van der Waals surface area contributed by atoms with Crippen LogP contribution in [0.2, 0.25) is 0 Å². The minimum Gasteiger partial charge on any atom is -0.379 e. The Balaban J connectivity index is 1.35. The zero-order valence-electron chi connectivity index (χ0n) is 17.9. The molecule has 2 N–H and O–H groups in total. The molecule has 0 bridgehead atoms. The summed E-state index contributed by atoms with van der Waals surface area (Å²) in [6.07, 6.45) is 3.99. The molecule has 0 aliphatic carbocycles. The van der Waals surface area contributed by atoms with Crippen LogP contribution in [0.4, 0.5) is 4.39 Å². The van der Waals surface area contributed by atoms with E-state index in [4.69, 9.17) is 9.63 Å². The van der Waals surface area contributed by atoms with Gasteiger partial charge in [0.2, 0.25) is 0 Å². The molecule has 0 saturated carbocycles. The van der Waals surface area contributed by atoms with Crippen molar-refractivity contribution in [1.29, 1.82) is 0 Å². The van der Waals surface area contributed by atoms with Gasteiger partial charge in [-0.15, -0.1) is 11.8 Å². The summed E-state index contributed by atoms with van der Waals surface area (Å²) in [6.45, 7) is 3.21. The minimum atomic E-state index is -2.82. The Labute approximate surface area is 202 Å². The van der Waals surface area contributed by atoms with E-state index in [0.717, 1.165) is 55.8 Å². The van der Waals surface area contributed by atoms with Crippen LogP contribution in [0.5, 0.6) is 0 Å². The highest BCUT2D eigenvalue weighted by atomic mass is 79.9. The standard InChI is InChI=1S/C23H30BrFNO4PS/c24-21-14-18(15-26-11-3-12-30-31(27)28)4-9-22(21)32-13-2-1-10-23(16-29-17-23)19-5-7-20(25)8-6-19/h4-9,14,26,31H,1-3,10-13,15-17H2,(H,27,28). The van der Waals surface area contributed by atoms with Gasteiger partial charge in [0.05, 0.1) is 19.8 Å². The van der Waals surface area contributed by atoms with Crippen LogP contribution in [0.15, 0.2) is 51.8 Å². The lowest BCUT2D eigenvalue weighted by Crippen LogP contribution is -2.46. The molecule has 1 aliphatic heterocycles. The van der Waals surface area contributed by atoms with Crippen LogP contribution in [0.1, 0.15) is 36.8 Å². The Morgan fingerprint density at radius 1 is 1.19 bits per heavy atom. The summed E-state index contributed by atoms with van der Waals surface area (Å²) >= 11 is 5.53. The molecule has 1 fully saturated rings.